The summed E-state index contributed by atoms with van der Waals surface area (Å²) in [5.74, 6) is 10.1. The molecule has 0 spiro atoms. The van der Waals surface area contributed by atoms with Crippen LogP contribution in [0.25, 0.3) is 6.08 Å². The van der Waals surface area contributed by atoms with Gasteiger partial charge < -0.3 is 20.6 Å². The maximum Gasteiger partial charge on any atom is 0.185 e. The van der Waals surface area contributed by atoms with Crippen LogP contribution < -0.4 is 22.2 Å². The van der Waals surface area contributed by atoms with Crippen molar-refractivity contribution in [2.45, 2.75) is 5.60 Å². The fraction of sp³-hybridized carbons (Fsp3) is 0.154. The first-order valence-electron chi connectivity index (χ1n) is 11.3. The highest BCUT2D eigenvalue weighted by molar-refractivity contribution is 7.10. The molecule has 12 heteroatoms. The van der Waals surface area contributed by atoms with Gasteiger partial charge in [-0.2, -0.15) is 0 Å². The van der Waals surface area contributed by atoms with Crippen molar-refractivity contribution >= 4 is 29.5 Å². The third-order valence-corrected chi connectivity index (χ3v) is 6.14. The molecule has 1 unspecified atom stereocenters. The Kier molecular flexibility index (Phi) is 9.68. The first kappa shape index (κ1) is 28.5. The van der Waals surface area contributed by atoms with Crippen molar-refractivity contribution in [3.05, 3.63) is 106 Å². The predicted molar refractivity (Wildman–Crippen MR) is 143 cm³/mol. The molecule has 9 nitrogen and oxygen atoms in total. The lowest BCUT2D eigenvalue weighted by Crippen LogP contribution is -2.51. The number of nitrogens with two attached hydrogens (primary N) is 3. The molecule has 3 aromatic rings. The lowest BCUT2D eigenvalue weighted by molar-refractivity contribution is -0.00970. The van der Waals surface area contributed by atoms with E-state index in [-0.39, 0.29) is 23.7 Å². The van der Waals surface area contributed by atoms with Crippen LogP contribution >= 0.6 is 11.3 Å². The van der Waals surface area contributed by atoms with Crippen molar-refractivity contribution in [2.24, 2.45) is 17.4 Å². The van der Waals surface area contributed by atoms with Crippen molar-refractivity contribution in [3.63, 3.8) is 0 Å². The van der Waals surface area contributed by atoms with Gasteiger partial charge in [-0.05, 0) is 53.9 Å². The predicted octanol–water partition coefficient (Wildman–Crippen LogP) is 2.95. The number of benzene rings is 2. The molecule has 1 aromatic heterocycles. The molecule has 0 radical (unpaired) electrons. The SMILES string of the molecule is N=CN(N)CC(O)(CN(N)/C=C(\N)COc1ccc(C(=O)/C=C/c2cccs2)cc1)c1ccc(F)cc1F. The second kappa shape index (κ2) is 12.9. The number of rotatable bonds is 13. The zero-order valence-electron chi connectivity index (χ0n) is 20.3. The van der Waals surface area contributed by atoms with E-state index in [0.717, 1.165) is 33.4 Å². The summed E-state index contributed by atoms with van der Waals surface area (Å²) in [4.78, 5) is 13.3. The molecule has 0 saturated heterocycles. The number of carbonyl (C=O) groups excluding carboxylic acids is 1. The molecule has 38 heavy (non-hydrogen) atoms. The van der Waals surface area contributed by atoms with Crippen molar-refractivity contribution in [1.29, 1.82) is 5.41 Å². The van der Waals surface area contributed by atoms with Crippen LogP contribution in [-0.2, 0) is 5.60 Å². The van der Waals surface area contributed by atoms with Gasteiger partial charge in [0.2, 0.25) is 0 Å². The monoisotopic (exact) mass is 542 g/mol. The third kappa shape index (κ3) is 7.95. The molecule has 0 saturated carbocycles. The minimum atomic E-state index is -2.02. The molecule has 0 fully saturated rings. The summed E-state index contributed by atoms with van der Waals surface area (Å²) >= 11 is 1.53. The lowest BCUT2D eigenvalue weighted by Gasteiger charge is -2.34. The van der Waals surface area contributed by atoms with E-state index in [2.05, 4.69) is 0 Å². The number of ether oxygens (including phenoxy) is 1. The van der Waals surface area contributed by atoms with Crippen molar-refractivity contribution in [2.75, 3.05) is 19.7 Å². The number of hydrogen-bond acceptors (Lipinski definition) is 9. The molecular weight excluding hydrogens is 514 g/mol. The average molecular weight is 543 g/mol. The number of hydrazine groups is 2. The molecule has 0 aliphatic carbocycles. The van der Waals surface area contributed by atoms with Gasteiger partial charge in [0.15, 0.2) is 5.78 Å². The number of carbonyl (C=O) groups is 1. The molecule has 1 atom stereocenters. The highest BCUT2D eigenvalue weighted by Gasteiger charge is 2.35. The van der Waals surface area contributed by atoms with Crippen molar-refractivity contribution in [1.82, 2.24) is 10.0 Å². The number of nitrogens with one attached hydrogen (secondary N) is 1. The van der Waals surface area contributed by atoms with Crippen LogP contribution in [0.5, 0.6) is 5.75 Å². The Morgan fingerprint density at radius 2 is 1.82 bits per heavy atom. The van der Waals surface area contributed by atoms with Crippen LogP contribution in [-0.4, -0.2) is 46.9 Å². The first-order chi connectivity index (χ1) is 18.1. The standard InChI is InChI=1S/C26H28F2N6O3S/c27-19-5-9-23(24(28)12-19)26(36,16-34(32)17-29)15-33(31)13-20(30)14-37-21-6-3-18(4-7-21)25(35)10-8-22-2-1-11-38-22/h1-13,17,29,36H,14-16,30-32H2/b10-8+,20-13-,29-17?. The third-order valence-electron chi connectivity index (χ3n) is 5.30. The molecule has 0 amide bonds. The maximum atomic E-state index is 14.4. The highest BCUT2D eigenvalue weighted by atomic mass is 32.1. The van der Waals surface area contributed by atoms with Gasteiger partial charge >= 0.3 is 0 Å². The Morgan fingerprint density at radius 1 is 1.11 bits per heavy atom. The molecule has 1 heterocycles. The summed E-state index contributed by atoms with van der Waals surface area (Å²) in [5, 5.41) is 22.2. The molecule has 2 aromatic carbocycles. The van der Waals surface area contributed by atoms with E-state index >= 15 is 0 Å². The van der Waals surface area contributed by atoms with Gasteiger partial charge in [-0.15, -0.1) is 11.3 Å². The van der Waals surface area contributed by atoms with Crippen LogP contribution in [0.4, 0.5) is 8.78 Å². The molecule has 0 bridgehead atoms. The van der Waals surface area contributed by atoms with E-state index in [1.54, 1.807) is 30.3 Å². The summed E-state index contributed by atoms with van der Waals surface area (Å²) in [7, 11) is 0. The number of allylic oxidation sites excluding steroid dienone is 1. The molecular formula is C26H28F2N6O3S. The topological polar surface area (TPSA) is 155 Å². The normalized spacial score (nSPS) is 13.2. The van der Waals surface area contributed by atoms with Crippen LogP contribution in [0, 0.1) is 17.0 Å². The minimum absolute atomic E-state index is 0.0773. The van der Waals surface area contributed by atoms with Crippen LogP contribution in [0.15, 0.2) is 78.0 Å². The Bertz CT molecular complexity index is 1300. The van der Waals surface area contributed by atoms with Gasteiger partial charge in [-0.25, -0.2) is 20.5 Å². The summed E-state index contributed by atoms with van der Waals surface area (Å²) in [6.07, 6.45) is 5.28. The van der Waals surface area contributed by atoms with Gasteiger partial charge in [0.1, 0.15) is 29.6 Å². The van der Waals surface area contributed by atoms with E-state index in [9.17, 15) is 18.7 Å². The van der Waals surface area contributed by atoms with Gasteiger partial charge in [0.05, 0.1) is 25.1 Å². The smallest absolute Gasteiger partial charge is 0.185 e. The number of hydrogen-bond donors (Lipinski definition) is 5. The number of aliphatic hydroxyl groups is 1. The highest BCUT2D eigenvalue weighted by Crippen LogP contribution is 2.26. The Morgan fingerprint density at radius 3 is 2.45 bits per heavy atom. The summed E-state index contributed by atoms with van der Waals surface area (Å²) < 4.78 is 33.5. The largest absolute Gasteiger partial charge is 0.487 e. The van der Waals surface area contributed by atoms with Crippen molar-refractivity contribution in [3.8, 4) is 5.75 Å². The maximum absolute atomic E-state index is 14.4. The Labute approximate surface area is 222 Å². The first-order valence-corrected chi connectivity index (χ1v) is 12.1. The summed E-state index contributed by atoms with van der Waals surface area (Å²) in [6.45, 7) is -0.885. The van der Waals surface area contributed by atoms with Crippen LogP contribution in [0.1, 0.15) is 20.8 Å². The summed E-state index contributed by atoms with van der Waals surface area (Å²) in [6, 6.07) is 13.0. The molecule has 8 N–H and O–H groups in total. The fourth-order valence-electron chi connectivity index (χ4n) is 3.56. The van der Waals surface area contributed by atoms with Gasteiger partial charge in [-0.3, -0.25) is 15.2 Å². The molecule has 0 aliphatic rings. The van der Waals surface area contributed by atoms with Crippen LogP contribution in [0.2, 0.25) is 0 Å². The number of nitrogens with zero attached hydrogens (tertiary/aromatic N) is 2. The van der Waals surface area contributed by atoms with Crippen LogP contribution in [0.3, 0.4) is 0 Å². The fourth-order valence-corrected chi connectivity index (χ4v) is 4.17. The van der Waals surface area contributed by atoms with Crippen molar-refractivity contribution < 1.29 is 23.4 Å². The number of halogens is 2. The van der Waals surface area contributed by atoms with E-state index in [0.29, 0.717) is 17.4 Å². The van der Waals surface area contributed by atoms with E-state index in [1.165, 1.54) is 23.6 Å². The molecule has 0 aliphatic heterocycles. The van der Waals surface area contributed by atoms with Gasteiger partial charge in [0, 0.05) is 28.3 Å². The van der Waals surface area contributed by atoms with Gasteiger partial charge in [-0.1, -0.05) is 12.1 Å². The molecule has 3 rings (SSSR count). The quantitative estimate of drug-likeness (QED) is 0.0552. The zero-order chi connectivity index (χ0) is 27.7. The minimum Gasteiger partial charge on any atom is -0.487 e. The second-order valence-corrected chi connectivity index (χ2v) is 9.34. The second-order valence-electron chi connectivity index (χ2n) is 8.36. The van der Waals surface area contributed by atoms with E-state index in [4.69, 9.17) is 27.6 Å². The lowest BCUT2D eigenvalue weighted by atomic mass is 9.92. The number of thiophene rings is 1. The molecule has 200 valence electrons. The number of ketones is 1. The Hall–Kier alpha value is -4.10. The van der Waals surface area contributed by atoms with Gasteiger partial charge in [0.25, 0.3) is 0 Å². The summed E-state index contributed by atoms with van der Waals surface area (Å²) in [5.41, 5.74) is 4.39. The van der Waals surface area contributed by atoms with E-state index < -0.39 is 30.3 Å². The average Bonchev–Trinajstić information content (AvgIpc) is 3.39. The van der Waals surface area contributed by atoms with E-state index in [1.807, 2.05) is 17.5 Å². The zero-order valence-corrected chi connectivity index (χ0v) is 21.1. The Balaban J connectivity index is 1.62.